The maximum atomic E-state index is 8.92. The molecule has 1 aliphatic rings. The Labute approximate surface area is 123 Å². The molecule has 1 saturated carbocycles. The maximum absolute atomic E-state index is 8.92. The Balaban J connectivity index is 1.79. The number of nitrogens with zero attached hydrogens (tertiary/aromatic N) is 3. The molecule has 5 nitrogen and oxygen atoms in total. The van der Waals surface area contributed by atoms with Crippen LogP contribution in [0.1, 0.15) is 41.3 Å². The number of anilines is 2. The van der Waals surface area contributed by atoms with Gasteiger partial charge in [0.25, 0.3) is 0 Å². The molecular formula is C16H17N5. The highest BCUT2D eigenvalue weighted by atomic mass is 15.1. The second kappa shape index (κ2) is 5.41. The molecule has 0 amide bonds. The first-order chi connectivity index (χ1) is 10.2. The maximum Gasteiger partial charge on any atom is 0.136 e. The highest BCUT2D eigenvalue weighted by Gasteiger charge is 2.27. The summed E-state index contributed by atoms with van der Waals surface area (Å²) in [5.74, 6) is 2.63. The average molecular weight is 279 g/mol. The number of nitrogens with two attached hydrogens (primary N) is 1. The molecule has 1 aromatic heterocycles. The molecule has 5 heteroatoms. The Hall–Kier alpha value is -2.61. The lowest BCUT2D eigenvalue weighted by Crippen LogP contribution is -2.09. The molecule has 2 aromatic rings. The molecule has 21 heavy (non-hydrogen) atoms. The molecule has 0 radical (unpaired) electrons. The molecule has 0 saturated heterocycles. The third kappa shape index (κ3) is 2.95. The molecule has 0 spiro atoms. The van der Waals surface area contributed by atoms with Gasteiger partial charge < -0.3 is 11.1 Å². The van der Waals surface area contributed by atoms with Crippen LogP contribution >= 0.6 is 0 Å². The minimum Gasteiger partial charge on any atom is -0.383 e. The van der Waals surface area contributed by atoms with Crippen LogP contribution in [0.3, 0.4) is 0 Å². The highest BCUT2D eigenvalue weighted by molar-refractivity contribution is 5.55. The van der Waals surface area contributed by atoms with Gasteiger partial charge in [0, 0.05) is 18.0 Å². The monoisotopic (exact) mass is 279 g/mol. The predicted octanol–water partition coefficient (Wildman–Crippen LogP) is 2.73. The fraction of sp³-hybridized carbons (Fsp3) is 0.312. The average Bonchev–Trinajstić information content (AvgIpc) is 3.33. The van der Waals surface area contributed by atoms with Gasteiger partial charge in [-0.3, -0.25) is 0 Å². The summed E-state index contributed by atoms with van der Waals surface area (Å²) in [5, 5.41) is 12.2. The van der Waals surface area contributed by atoms with Crippen molar-refractivity contribution in [2.75, 3.05) is 11.1 Å². The molecule has 1 aromatic carbocycles. The van der Waals surface area contributed by atoms with Crippen LogP contribution in [-0.2, 0) is 6.54 Å². The van der Waals surface area contributed by atoms with Crippen LogP contribution in [0.4, 0.5) is 11.6 Å². The van der Waals surface area contributed by atoms with Crippen molar-refractivity contribution in [2.45, 2.75) is 32.2 Å². The van der Waals surface area contributed by atoms with Crippen molar-refractivity contribution in [1.82, 2.24) is 9.97 Å². The second-order valence-electron chi connectivity index (χ2n) is 5.38. The fourth-order valence-electron chi connectivity index (χ4n) is 2.18. The SMILES string of the molecule is Cc1c(N)nc(C2CC2)nc1NCc1cccc(C#N)c1. The quantitative estimate of drug-likeness (QED) is 0.898. The van der Waals surface area contributed by atoms with Gasteiger partial charge in [-0.15, -0.1) is 0 Å². The molecule has 0 unspecified atom stereocenters. The highest BCUT2D eigenvalue weighted by Crippen LogP contribution is 2.39. The van der Waals surface area contributed by atoms with Gasteiger partial charge in [0.2, 0.25) is 0 Å². The molecule has 1 fully saturated rings. The zero-order valence-corrected chi connectivity index (χ0v) is 11.9. The number of hydrogen-bond acceptors (Lipinski definition) is 5. The Morgan fingerprint density at radius 1 is 1.38 bits per heavy atom. The largest absolute Gasteiger partial charge is 0.383 e. The zero-order valence-electron chi connectivity index (χ0n) is 11.9. The molecular weight excluding hydrogens is 262 g/mol. The number of nitrogens with one attached hydrogen (secondary N) is 1. The number of nitriles is 1. The van der Waals surface area contributed by atoms with E-state index in [0.717, 1.165) is 35.6 Å². The molecule has 0 atom stereocenters. The van der Waals surface area contributed by atoms with Crippen LogP contribution in [0.25, 0.3) is 0 Å². The third-order valence-electron chi connectivity index (χ3n) is 3.66. The standard InChI is InChI=1S/C16H17N5/c1-10-14(18)20-16(13-5-6-13)21-15(10)19-9-12-4-2-3-11(7-12)8-17/h2-4,7,13H,5-6,9H2,1H3,(H3,18,19,20,21). The summed E-state index contributed by atoms with van der Waals surface area (Å²) in [5.41, 5.74) is 8.54. The van der Waals surface area contributed by atoms with Gasteiger partial charge in [0.1, 0.15) is 17.5 Å². The second-order valence-corrected chi connectivity index (χ2v) is 5.38. The number of hydrogen-bond donors (Lipinski definition) is 2. The number of benzene rings is 1. The van der Waals surface area contributed by atoms with E-state index >= 15 is 0 Å². The first kappa shape index (κ1) is 13.4. The first-order valence-electron chi connectivity index (χ1n) is 7.04. The summed E-state index contributed by atoms with van der Waals surface area (Å²) in [6.07, 6.45) is 2.29. The van der Waals surface area contributed by atoms with Crippen LogP contribution in [-0.4, -0.2) is 9.97 Å². The molecule has 3 rings (SSSR count). The van der Waals surface area contributed by atoms with Crippen LogP contribution in [0, 0.1) is 18.3 Å². The van der Waals surface area contributed by atoms with E-state index < -0.39 is 0 Å². The van der Waals surface area contributed by atoms with Gasteiger partial charge in [0.15, 0.2) is 0 Å². The van der Waals surface area contributed by atoms with E-state index in [9.17, 15) is 0 Å². The van der Waals surface area contributed by atoms with Crippen molar-refractivity contribution in [3.8, 4) is 6.07 Å². The van der Waals surface area contributed by atoms with Crippen LogP contribution in [0.2, 0.25) is 0 Å². The van der Waals surface area contributed by atoms with E-state index in [1.54, 1.807) is 6.07 Å². The number of nitrogen functional groups attached to an aromatic ring is 1. The minimum atomic E-state index is 0.468. The minimum absolute atomic E-state index is 0.468. The van der Waals surface area contributed by atoms with Crippen molar-refractivity contribution in [3.05, 3.63) is 46.8 Å². The van der Waals surface area contributed by atoms with Gasteiger partial charge in [-0.1, -0.05) is 12.1 Å². The van der Waals surface area contributed by atoms with Gasteiger partial charge >= 0.3 is 0 Å². The van der Waals surface area contributed by atoms with Gasteiger partial charge in [0.05, 0.1) is 11.6 Å². The fourth-order valence-corrected chi connectivity index (χ4v) is 2.18. The summed E-state index contributed by atoms with van der Waals surface area (Å²) >= 11 is 0. The Morgan fingerprint density at radius 2 is 2.19 bits per heavy atom. The molecule has 1 aliphatic carbocycles. The lowest BCUT2D eigenvalue weighted by molar-refractivity contribution is 0.917. The van der Waals surface area contributed by atoms with Gasteiger partial charge in [-0.05, 0) is 37.5 Å². The zero-order chi connectivity index (χ0) is 14.8. The smallest absolute Gasteiger partial charge is 0.136 e. The van der Waals surface area contributed by atoms with Crippen molar-refractivity contribution >= 4 is 11.6 Å². The number of aromatic nitrogens is 2. The number of rotatable bonds is 4. The summed E-state index contributed by atoms with van der Waals surface area (Å²) in [6, 6.07) is 9.67. The Bertz CT molecular complexity index is 713. The Morgan fingerprint density at radius 3 is 2.90 bits per heavy atom. The Kier molecular flexibility index (Phi) is 3.44. The van der Waals surface area contributed by atoms with E-state index in [1.807, 2.05) is 25.1 Å². The summed E-state index contributed by atoms with van der Waals surface area (Å²) < 4.78 is 0. The summed E-state index contributed by atoms with van der Waals surface area (Å²) in [6.45, 7) is 2.52. The summed E-state index contributed by atoms with van der Waals surface area (Å²) in [7, 11) is 0. The lowest BCUT2D eigenvalue weighted by atomic mass is 10.1. The van der Waals surface area contributed by atoms with Crippen molar-refractivity contribution < 1.29 is 0 Å². The van der Waals surface area contributed by atoms with Crippen LogP contribution in [0.5, 0.6) is 0 Å². The van der Waals surface area contributed by atoms with Crippen molar-refractivity contribution in [2.24, 2.45) is 0 Å². The molecule has 0 aliphatic heterocycles. The molecule has 0 bridgehead atoms. The van der Waals surface area contributed by atoms with Crippen molar-refractivity contribution in [3.63, 3.8) is 0 Å². The van der Waals surface area contributed by atoms with E-state index in [2.05, 4.69) is 21.4 Å². The topological polar surface area (TPSA) is 87.6 Å². The van der Waals surface area contributed by atoms with Crippen LogP contribution < -0.4 is 11.1 Å². The predicted molar refractivity (Wildman–Crippen MR) is 81.6 cm³/mol. The van der Waals surface area contributed by atoms with E-state index in [1.165, 1.54) is 0 Å². The molecule has 3 N–H and O–H groups in total. The normalized spacial score (nSPS) is 13.7. The van der Waals surface area contributed by atoms with Gasteiger partial charge in [-0.2, -0.15) is 5.26 Å². The van der Waals surface area contributed by atoms with E-state index in [4.69, 9.17) is 11.0 Å². The van der Waals surface area contributed by atoms with Gasteiger partial charge in [-0.25, -0.2) is 9.97 Å². The first-order valence-corrected chi connectivity index (χ1v) is 7.04. The lowest BCUT2D eigenvalue weighted by Gasteiger charge is -2.12. The third-order valence-corrected chi connectivity index (χ3v) is 3.66. The molecule has 1 heterocycles. The van der Waals surface area contributed by atoms with Crippen LogP contribution in [0.15, 0.2) is 24.3 Å². The van der Waals surface area contributed by atoms with E-state index in [-0.39, 0.29) is 0 Å². The van der Waals surface area contributed by atoms with E-state index in [0.29, 0.717) is 23.8 Å². The molecule has 106 valence electrons. The summed E-state index contributed by atoms with van der Waals surface area (Å²) in [4.78, 5) is 8.95. The van der Waals surface area contributed by atoms with Crippen molar-refractivity contribution in [1.29, 1.82) is 5.26 Å².